The van der Waals surface area contributed by atoms with Gasteiger partial charge in [0.05, 0.1) is 0 Å². The van der Waals surface area contributed by atoms with Gasteiger partial charge in [-0.05, 0) is 18.4 Å². The summed E-state index contributed by atoms with van der Waals surface area (Å²) in [6.07, 6.45) is 2.20. The number of anilines is 1. The molecule has 1 heterocycles. The topological polar surface area (TPSA) is 73.2 Å². The van der Waals surface area contributed by atoms with Gasteiger partial charge in [-0.2, -0.15) is 0 Å². The molecule has 0 bridgehead atoms. The van der Waals surface area contributed by atoms with Gasteiger partial charge in [0.2, 0.25) is 0 Å². The first-order valence-corrected chi connectivity index (χ1v) is 7.53. The van der Waals surface area contributed by atoms with Crippen LogP contribution in [0.3, 0.4) is 0 Å². The van der Waals surface area contributed by atoms with Crippen LogP contribution < -0.4 is 15.6 Å². The highest BCUT2D eigenvalue weighted by molar-refractivity contribution is 5.94. The minimum absolute atomic E-state index is 0.0154. The van der Waals surface area contributed by atoms with E-state index < -0.39 is 12.0 Å². The maximum absolute atomic E-state index is 12.3. The van der Waals surface area contributed by atoms with Crippen LogP contribution in [0, 0.1) is 0 Å². The number of nitrogens with one attached hydrogen (secondary N) is 1. The average Bonchev–Trinajstić information content (AvgIpc) is 2.59. The van der Waals surface area contributed by atoms with Crippen molar-refractivity contribution >= 4 is 22.5 Å². The predicted octanol–water partition coefficient (Wildman–Crippen LogP) is 2.34. The van der Waals surface area contributed by atoms with E-state index in [1.807, 2.05) is 42.5 Å². The zero-order valence-corrected chi connectivity index (χ0v) is 13.4. The Bertz CT molecular complexity index is 944. The number of benzene rings is 2. The molecule has 122 valence electrons. The van der Waals surface area contributed by atoms with Crippen molar-refractivity contribution in [1.29, 1.82) is 0 Å². The highest BCUT2D eigenvalue weighted by Gasteiger charge is 2.18. The molecule has 0 saturated heterocycles. The van der Waals surface area contributed by atoms with Gasteiger partial charge in [-0.25, -0.2) is 4.98 Å². The van der Waals surface area contributed by atoms with Crippen molar-refractivity contribution in [3.63, 3.8) is 0 Å². The second-order valence-corrected chi connectivity index (χ2v) is 5.42. The van der Waals surface area contributed by atoms with E-state index in [0.29, 0.717) is 5.75 Å². The summed E-state index contributed by atoms with van der Waals surface area (Å²) in [7, 11) is 1.59. The van der Waals surface area contributed by atoms with E-state index in [4.69, 9.17) is 4.74 Å². The van der Waals surface area contributed by atoms with Gasteiger partial charge < -0.3 is 14.6 Å². The van der Waals surface area contributed by atoms with Crippen LogP contribution in [0.1, 0.15) is 6.92 Å². The molecule has 1 aromatic heterocycles. The molecular weight excluding hydrogens is 306 g/mol. The molecule has 0 aliphatic rings. The number of carbonyl (C=O) groups is 1. The van der Waals surface area contributed by atoms with Gasteiger partial charge in [0.15, 0.2) is 11.9 Å². The smallest absolute Gasteiger partial charge is 0.293 e. The molecule has 1 amide bonds. The Hall–Kier alpha value is -3.15. The van der Waals surface area contributed by atoms with Crippen LogP contribution in [0.15, 0.2) is 59.7 Å². The normalized spacial score (nSPS) is 11.9. The Kier molecular flexibility index (Phi) is 4.29. The molecule has 0 fully saturated rings. The number of nitrogens with zero attached hydrogens (tertiary/aromatic N) is 2. The highest BCUT2D eigenvalue weighted by Crippen LogP contribution is 2.26. The molecule has 1 N–H and O–H groups in total. The maximum Gasteiger partial charge on any atom is 0.293 e. The Morgan fingerprint density at radius 1 is 1.21 bits per heavy atom. The zero-order valence-electron chi connectivity index (χ0n) is 13.4. The molecular formula is C18H17N3O3. The van der Waals surface area contributed by atoms with E-state index in [2.05, 4.69) is 10.3 Å². The second kappa shape index (κ2) is 6.54. The van der Waals surface area contributed by atoms with Crippen LogP contribution in [0.4, 0.5) is 5.82 Å². The summed E-state index contributed by atoms with van der Waals surface area (Å²) >= 11 is 0. The molecule has 3 rings (SSSR count). The van der Waals surface area contributed by atoms with Crippen LogP contribution >= 0.6 is 0 Å². The Morgan fingerprint density at radius 2 is 1.96 bits per heavy atom. The van der Waals surface area contributed by atoms with E-state index in [1.165, 1.54) is 17.0 Å². The van der Waals surface area contributed by atoms with E-state index in [-0.39, 0.29) is 11.4 Å². The quantitative estimate of drug-likeness (QED) is 0.800. The maximum atomic E-state index is 12.3. The van der Waals surface area contributed by atoms with Crippen LogP contribution in [-0.4, -0.2) is 21.6 Å². The third-order valence-corrected chi connectivity index (χ3v) is 3.68. The van der Waals surface area contributed by atoms with Gasteiger partial charge in [-0.1, -0.05) is 36.4 Å². The SMILES string of the molecule is C[C@H](Oc1cccc2ccccc12)C(=O)Nc1nccn(C)c1=O. The van der Waals surface area contributed by atoms with Gasteiger partial charge in [0, 0.05) is 24.8 Å². The monoisotopic (exact) mass is 323 g/mol. The fourth-order valence-electron chi connectivity index (χ4n) is 2.34. The van der Waals surface area contributed by atoms with E-state index in [9.17, 15) is 9.59 Å². The molecule has 2 aromatic carbocycles. The Balaban J connectivity index is 1.79. The number of fused-ring (bicyclic) bond motifs is 1. The van der Waals surface area contributed by atoms with Crippen LogP contribution in [-0.2, 0) is 11.8 Å². The van der Waals surface area contributed by atoms with Gasteiger partial charge in [0.1, 0.15) is 5.75 Å². The number of aromatic nitrogens is 2. The van der Waals surface area contributed by atoms with Crippen molar-refractivity contribution in [2.75, 3.05) is 5.32 Å². The number of aryl methyl sites for hydroxylation is 1. The summed E-state index contributed by atoms with van der Waals surface area (Å²) in [6, 6.07) is 13.4. The lowest BCUT2D eigenvalue weighted by molar-refractivity contribution is -0.122. The van der Waals surface area contributed by atoms with Gasteiger partial charge >= 0.3 is 0 Å². The van der Waals surface area contributed by atoms with Crippen LogP contribution in [0.2, 0.25) is 0 Å². The number of amides is 1. The lowest BCUT2D eigenvalue weighted by Crippen LogP contribution is -2.33. The third kappa shape index (κ3) is 3.12. The number of hydrogen-bond donors (Lipinski definition) is 1. The van der Waals surface area contributed by atoms with Crippen molar-refractivity contribution in [1.82, 2.24) is 9.55 Å². The summed E-state index contributed by atoms with van der Waals surface area (Å²) in [4.78, 5) is 28.1. The summed E-state index contributed by atoms with van der Waals surface area (Å²) < 4.78 is 7.13. The zero-order chi connectivity index (χ0) is 17.1. The minimum Gasteiger partial charge on any atom is -0.480 e. The van der Waals surface area contributed by atoms with Gasteiger partial charge in [0.25, 0.3) is 11.5 Å². The molecule has 24 heavy (non-hydrogen) atoms. The molecule has 0 unspecified atom stereocenters. The first-order chi connectivity index (χ1) is 11.6. The Morgan fingerprint density at radius 3 is 2.79 bits per heavy atom. The molecule has 3 aromatic rings. The largest absolute Gasteiger partial charge is 0.480 e. The van der Waals surface area contributed by atoms with Crippen molar-refractivity contribution in [2.24, 2.45) is 7.05 Å². The molecule has 0 saturated carbocycles. The van der Waals surface area contributed by atoms with Crippen molar-refractivity contribution in [3.05, 3.63) is 65.2 Å². The fraction of sp³-hybridized carbons (Fsp3) is 0.167. The lowest BCUT2D eigenvalue weighted by atomic mass is 10.1. The standard InChI is InChI=1S/C18H17N3O3/c1-12(17(22)20-16-18(23)21(2)11-10-19-16)24-15-9-5-7-13-6-3-4-8-14(13)15/h3-12H,1-2H3,(H,19,20,22)/t12-/m0/s1. The van der Waals surface area contributed by atoms with E-state index in [1.54, 1.807) is 14.0 Å². The number of rotatable bonds is 4. The van der Waals surface area contributed by atoms with Crippen molar-refractivity contribution in [2.45, 2.75) is 13.0 Å². The minimum atomic E-state index is -0.775. The predicted molar refractivity (Wildman–Crippen MR) is 92.1 cm³/mol. The summed E-state index contributed by atoms with van der Waals surface area (Å²) in [5, 5.41) is 4.46. The van der Waals surface area contributed by atoms with Crippen LogP contribution in [0.25, 0.3) is 10.8 Å². The lowest BCUT2D eigenvalue weighted by Gasteiger charge is -2.16. The average molecular weight is 323 g/mol. The van der Waals surface area contributed by atoms with Crippen LogP contribution in [0.5, 0.6) is 5.75 Å². The van der Waals surface area contributed by atoms with Gasteiger partial charge in [-0.15, -0.1) is 0 Å². The number of hydrogen-bond acceptors (Lipinski definition) is 4. The van der Waals surface area contributed by atoms with Crippen molar-refractivity contribution < 1.29 is 9.53 Å². The molecule has 0 aliphatic carbocycles. The molecule has 6 heteroatoms. The number of carbonyl (C=O) groups excluding carboxylic acids is 1. The molecule has 0 radical (unpaired) electrons. The van der Waals surface area contributed by atoms with E-state index in [0.717, 1.165) is 10.8 Å². The summed E-state index contributed by atoms with van der Waals surface area (Å²) in [6.45, 7) is 1.63. The molecule has 0 aliphatic heterocycles. The second-order valence-electron chi connectivity index (χ2n) is 5.42. The Labute approximate surface area is 138 Å². The molecule has 6 nitrogen and oxygen atoms in total. The third-order valence-electron chi connectivity index (χ3n) is 3.68. The van der Waals surface area contributed by atoms with Crippen molar-refractivity contribution in [3.8, 4) is 5.75 Å². The fourth-order valence-corrected chi connectivity index (χ4v) is 2.34. The molecule has 0 spiro atoms. The first-order valence-electron chi connectivity index (χ1n) is 7.53. The highest BCUT2D eigenvalue weighted by atomic mass is 16.5. The number of ether oxygens (including phenoxy) is 1. The van der Waals surface area contributed by atoms with Gasteiger partial charge in [-0.3, -0.25) is 9.59 Å². The summed E-state index contributed by atoms with van der Waals surface area (Å²) in [5.74, 6) is 0.168. The van der Waals surface area contributed by atoms with E-state index >= 15 is 0 Å². The molecule has 1 atom stereocenters. The summed E-state index contributed by atoms with van der Waals surface area (Å²) in [5.41, 5.74) is -0.372. The first kappa shape index (κ1) is 15.7.